The molecule has 1 aliphatic heterocycles. The Morgan fingerprint density at radius 3 is 2.57 bits per heavy atom. The smallest absolute Gasteiger partial charge is 0.273 e. The summed E-state index contributed by atoms with van der Waals surface area (Å²) in [4.78, 5) is 15.3. The highest BCUT2D eigenvalue weighted by molar-refractivity contribution is 6.00. The molecule has 1 aliphatic carbocycles. The number of aromatic nitrogens is 2. The SMILES string of the molecule is Cc1ccc(-c2n[nH]c3c2C(c2cccc(F)c2)N(C2CCCC2)C3=O)cc1. The molecule has 1 fully saturated rings. The highest BCUT2D eigenvalue weighted by Gasteiger charge is 2.45. The third-order valence-corrected chi connectivity index (χ3v) is 6.01. The molecule has 5 rings (SSSR count). The normalized spacial score (nSPS) is 19.4. The molecule has 142 valence electrons. The summed E-state index contributed by atoms with van der Waals surface area (Å²) < 4.78 is 14.1. The maximum Gasteiger partial charge on any atom is 0.273 e. The van der Waals surface area contributed by atoms with Crippen LogP contribution in [0.1, 0.15) is 58.9 Å². The number of carbonyl (C=O) groups is 1. The summed E-state index contributed by atoms with van der Waals surface area (Å²) in [6, 6.07) is 14.6. The molecule has 1 saturated carbocycles. The van der Waals surface area contributed by atoms with E-state index in [1.165, 1.54) is 11.6 Å². The molecular weight excluding hydrogens is 353 g/mol. The van der Waals surface area contributed by atoms with Gasteiger partial charge in [-0.25, -0.2) is 4.39 Å². The van der Waals surface area contributed by atoms with E-state index in [1.807, 2.05) is 42.2 Å². The lowest BCUT2D eigenvalue weighted by atomic mass is 9.95. The Labute approximate surface area is 163 Å². The standard InChI is InChI=1S/C23H22FN3O/c1-14-9-11-15(12-10-14)20-19-21(26-25-20)23(28)27(18-7-2-3-8-18)22(19)16-5-4-6-17(24)13-16/h4-6,9-13,18,22H,2-3,7-8H2,1H3,(H,25,26). The van der Waals surface area contributed by atoms with Crippen LogP contribution in [0.5, 0.6) is 0 Å². The number of amides is 1. The summed E-state index contributed by atoms with van der Waals surface area (Å²) in [6.45, 7) is 2.04. The molecule has 1 N–H and O–H groups in total. The van der Waals surface area contributed by atoms with Crippen LogP contribution in [0, 0.1) is 12.7 Å². The van der Waals surface area contributed by atoms with Crippen molar-refractivity contribution in [2.24, 2.45) is 0 Å². The summed E-state index contributed by atoms with van der Waals surface area (Å²) in [6.07, 6.45) is 4.24. The highest BCUT2D eigenvalue weighted by atomic mass is 19.1. The predicted molar refractivity (Wildman–Crippen MR) is 105 cm³/mol. The van der Waals surface area contributed by atoms with Gasteiger partial charge in [0.2, 0.25) is 0 Å². The summed E-state index contributed by atoms with van der Waals surface area (Å²) in [5, 5.41) is 7.46. The second kappa shape index (κ2) is 6.59. The maximum atomic E-state index is 14.1. The summed E-state index contributed by atoms with van der Waals surface area (Å²) in [5.41, 5.74) is 5.11. The Hall–Kier alpha value is -2.95. The van der Waals surface area contributed by atoms with Crippen LogP contribution in [0.4, 0.5) is 4.39 Å². The molecular formula is C23H22FN3O. The number of nitrogens with one attached hydrogen (secondary N) is 1. The molecule has 28 heavy (non-hydrogen) atoms. The number of fused-ring (bicyclic) bond motifs is 1. The van der Waals surface area contributed by atoms with E-state index in [0.29, 0.717) is 5.69 Å². The van der Waals surface area contributed by atoms with Gasteiger partial charge in [-0.1, -0.05) is 54.8 Å². The molecule has 2 aromatic carbocycles. The van der Waals surface area contributed by atoms with Crippen LogP contribution in [0.3, 0.4) is 0 Å². The molecule has 5 heteroatoms. The minimum absolute atomic E-state index is 0.0259. The summed E-state index contributed by atoms with van der Waals surface area (Å²) in [7, 11) is 0. The summed E-state index contributed by atoms with van der Waals surface area (Å²) in [5.74, 6) is -0.313. The average Bonchev–Trinajstić information content (AvgIpc) is 3.40. The number of nitrogens with zero attached hydrogens (tertiary/aromatic N) is 2. The van der Waals surface area contributed by atoms with Crippen molar-refractivity contribution in [2.75, 3.05) is 0 Å². The molecule has 2 heterocycles. The molecule has 1 unspecified atom stereocenters. The van der Waals surface area contributed by atoms with Crippen LogP contribution >= 0.6 is 0 Å². The zero-order chi connectivity index (χ0) is 19.3. The molecule has 0 bridgehead atoms. The van der Waals surface area contributed by atoms with Crippen molar-refractivity contribution >= 4 is 5.91 Å². The number of halogens is 1. The molecule has 1 amide bonds. The minimum atomic E-state index is -0.309. The molecule has 1 atom stereocenters. The fourth-order valence-electron chi connectivity index (χ4n) is 4.66. The number of H-pyrrole nitrogens is 1. The van der Waals surface area contributed by atoms with Gasteiger partial charge in [0.1, 0.15) is 11.5 Å². The van der Waals surface area contributed by atoms with Crippen molar-refractivity contribution in [3.8, 4) is 11.3 Å². The van der Waals surface area contributed by atoms with Crippen LogP contribution in [0.2, 0.25) is 0 Å². The number of hydrogen-bond donors (Lipinski definition) is 1. The van der Waals surface area contributed by atoms with Gasteiger partial charge in [-0.3, -0.25) is 9.89 Å². The van der Waals surface area contributed by atoms with E-state index in [1.54, 1.807) is 12.1 Å². The largest absolute Gasteiger partial charge is 0.323 e. The van der Waals surface area contributed by atoms with Gasteiger partial charge in [-0.15, -0.1) is 0 Å². The van der Waals surface area contributed by atoms with Gasteiger partial charge >= 0.3 is 0 Å². The highest BCUT2D eigenvalue weighted by Crippen LogP contribution is 2.46. The van der Waals surface area contributed by atoms with Crippen LogP contribution in [-0.4, -0.2) is 27.0 Å². The van der Waals surface area contributed by atoms with Gasteiger partial charge in [0.25, 0.3) is 5.91 Å². The first kappa shape index (κ1) is 17.2. The van der Waals surface area contributed by atoms with Gasteiger partial charge in [-0.05, 0) is 37.5 Å². The van der Waals surface area contributed by atoms with Gasteiger partial charge in [-0.2, -0.15) is 5.10 Å². The Balaban J connectivity index is 1.68. The Morgan fingerprint density at radius 2 is 1.86 bits per heavy atom. The van der Waals surface area contributed by atoms with Crippen LogP contribution in [0.15, 0.2) is 48.5 Å². The number of aromatic amines is 1. The van der Waals surface area contributed by atoms with E-state index in [0.717, 1.165) is 48.1 Å². The van der Waals surface area contributed by atoms with Crippen molar-refractivity contribution in [1.82, 2.24) is 15.1 Å². The van der Waals surface area contributed by atoms with Gasteiger partial charge in [0.05, 0.1) is 11.7 Å². The van der Waals surface area contributed by atoms with E-state index in [2.05, 4.69) is 10.2 Å². The second-order valence-electron chi connectivity index (χ2n) is 7.84. The first-order valence-corrected chi connectivity index (χ1v) is 9.87. The summed E-state index contributed by atoms with van der Waals surface area (Å²) >= 11 is 0. The zero-order valence-electron chi connectivity index (χ0n) is 15.8. The molecule has 1 aromatic heterocycles. The number of rotatable bonds is 3. The average molecular weight is 375 g/mol. The van der Waals surface area contributed by atoms with E-state index >= 15 is 0 Å². The van der Waals surface area contributed by atoms with Crippen molar-refractivity contribution in [1.29, 1.82) is 0 Å². The molecule has 0 radical (unpaired) electrons. The third kappa shape index (κ3) is 2.65. The third-order valence-electron chi connectivity index (χ3n) is 6.01. The van der Waals surface area contributed by atoms with Crippen molar-refractivity contribution in [3.63, 3.8) is 0 Å². The Kier molecular flexibility index (Phi) is 4.04. The zero-order valence-corrected chi connectivity index (χ0v) is 15.8. The Morgan fingerprint density at radius 1 is 1.11 bits per heavy atom. The van der Waals surface area contributed by atoms with Crippen LogP contribution in [0.25, 0.3) is 11.3 Å². The van der Waals surface area contributed by atoms with Crippen LogP contribution in [-0.2, 0) is 0 Å². The number of carbonyl (C=O) groups excluding carboxylic acids is 1. The van der Waals surface area contributed by atoms with E-state index in [-0.39, 0.29) is 23.8 Å². The van der Waals surface area contributed by atoms with Gasteiger partial charge in [0, 0.05) is 17.2 Å². The van der Waals surface area contributed by atoms with E-state index in [9.17, 15) is 9.18 Å². The monoisotopic (exact) mass is 375 g/mol. The number of benzene rings is 2. The topological polar surface area (TPSA) is 49.0 Å². The molecule has 0 saturated heterocycles. The number of hydrogen-bond acceptors (Lipinski definition) is 2. The number of aryl methyl sites for hydroxylation is 1. The minimum Gasteiger partial charge on any atom is -0.323 e. The first-order chi connectivity index (χ1) is 13.6. The fraction of sp³-hybridized carbons (Fsp3) is 0.304. The van der Waals surface area contributed by atoms with Gasteiger partial charge < -0.3 is 4.90 Å². The van der Waals surface area contributed by atoms with Crippen LogP contribution < -0.4 is 0 Å². The first-order valence-electron chi connectivity index (χ1n) is 9.87. The quantitative estimate of drug-likeness (QED) is 0.699. The second-order valence-corrected chi connectivity index (χ2v) is 7.84. The lowest BCUT2D eigenvalue weighted by Crippen LogP contribution is -2.37. The molecule has 3 aromatic rings. The molecule has 2 aliphatic rings. The Bertz CT molecular complexity index is 1030. The lowest BCUT2D eigenvalue weighted by molar-refractivity contribution is 0.0660. The van der Waals surface area contributed by atoms with Crippen molar-refractivity contribution in [3.05, 3.63) is 76.7 Å². The lowest BCUT2D eigenvalue weighted by Gasteiger charge is -2.31. The van der Waals surface area contributed by atoms with Crippen molar-refractivity contribution in [2.45, 2.75) is 44.7 Å². The van der Waals surface area contributed by atoms with Crippen molar-refractivity contribution < 1.29 is 9.18 Å². The fourth-order valence-corrected chi connectivity index (χ4v) is 4.66. The molecule has 0 spiro atoms. The maximum absolute atomic E-state index is 14.1. The predicted octanol–water partition coefficient (Wildman–Crippen LogP) is 5.01. The van der Waals surface area contributed by atoms with E-state index < -0.39 is 0 Å². The molecule has 4 nitrogen and oxygen atoms in total. The van der Waals surface area contributed by atoms with E-state index in [4.69, 9.17) is 0 Å². The van der Waals surface area contributed by atoms with Gasteiger partial charge in [0.15, 0.2) is 0 Å².